The first-order chi connectivity index (χ1) is 9.20. The highest BCUT2D eigenvalue weighted by Crippen LogP contribution is 2.37. The molecule has 2 unspecified atom stereocenters. The monoisotopic (exact) mass is 301 g/mol. The number of ether oxygens (including phenoxy) is 1. The third kappa shape index (κ3) is 4.36. The van der Waals surface area contributed by atoms with Crippen LogP contribution in [-0.4, -0.2) is 37.2 Å². The van der Waals surface area contributed by atoms with Gasteiger partial charge in [-0.2, -0.15) is 0 Å². The normalized spacial score (nSPS) is 20.1. The molecule has 2 rings (SSSR count). The SMILES string of the molecule is COCC(O)CCNC1CCSc2ccc(Cl)cc21. The van der Waals surface area contributed by atoms with Crippen molar-refractivity contribution in [3.05, 3.63) is 28.8 Å². The Kier molecular flexibility index (Phi) is 5.98. The van der Waals surface area contributed by atoms with E-state index in [0.29, 0.717) is 19.1 Å². The van der Waals surface area contributed by atoms with Crippen molar-refractivity contribution in [1.82, 2.24) is 5.32 Å². The van der Waals surface area contributed by atoms with Crippen LogP contribution in [0.5, 0.6) is 0 Å². The number of hydrogen-bond acceptors (Lipinski definition) is 4. The van der Waals surface area contributed by atoms with E-state index in [1.54, 1.807) is 7.11 Å². The third-order valence-corrected chi connectivity index (χ3v) is 4.60. The summed E-state index contributed by atoms with van der Waals surface area (Å²) in [5.41, 5.74) is 1.28. The first-order valence-corrected chi connectivity index (χ1v) is 7.89. The molecular formula is C14H20ClNO2S. The molecule has 19 heavy (non-hydrogen) atoms. The summed E-state index contributed by atoms with van der Waals surface area (Å²) in [7, 11) is 1.60. The molecule has 0 spiro atoms. The van der Waals surface area contributed by atoms with E-state index in [1.165, 1.54) is 10.5 Å². The second kappa shape index (κ2) is 7.50. The molecule has 1 aliphatic heterocycles. The minimum atomic E-state index is -0.394. The lowest BCUT2D eigenvalue weighted by molar-refractivity contribution is 0.0589. The van der Waals surface area contributed by atoms with E-state index in [9.17, 15) is 5.11 Å². The van der Waals surface area contributed by atoms with Gasteiger partial charge in [0.25, 0.3) is 0 Å². The standard InChI is InChI=1S/C14H20ClNO2S/c1-18-9-11(17)4-6-16-13-5-7-19-14-3-2-10(15)8-12(13)14/h2-3,8,11,13,16-17H,4-7,9H2,1H3. The number of rotatable bonds is 6. The second-order valence-corrected chi connectivity index (χ2v) is 6.30. The summed E-state index contributed by atoms with van der Waals surface area (Å²) in [5.74, 6) is 1.12. The summed E-state index contributed by atoms with van der Waals surface area (Å²) in [5, 5.41) is 13.9. The van der Waals surface area contributed by atoms with Crippen LogP contribution in [0.2, 0.25) is 5.02 Å². The van der Waals surface area contributed by atoms with Crippen LogP contribution in [0, 0.1) is 0 Å². The van der Waals surface area contributed by atoms with Crippen LogP contribution in [0.3, 0.4) is 0 Å². The van der Waals surface area contributed by atoms with Crippen molar-refractivity contribution >= 4 is 23.4 Å². The van der Waals surface area contributed by atoms with Crippen LogP contribution in [0.4, 0.5) is 0 Å². The number of benzene rings is 1. The molecule has 5 heteroatoms. The number of fused-ring (bicyclic) bond motifs is 1. The van der Waals surface area contributed by atoms with Crippen LogP contribution in [-0.2, 0) is 4.74 Å². The molecule has 0 saturated heterocycles. The molecule has 0 aromatic heterocycles. The number of nitrogens with one attached hydrogen (secondary N) is 1. The summed E-state index contributed by atoms with van der Waals surface area (Å²) in [6.07, 6.45) is 1.40. The molecular weight excluding hydrogens is 282 g/mol. The van der Waals surface area contributed by atoms with Crippen molar-refractivity contribution in [2.45, 2.75) is 29.9 Å². The van der Waals surface area contributed by atoms with Crippen molar-refractivity contribution in [3.63, 3.8) is 0 Å². The molecule has 0 bridgehead atoms. The van der Waals surface area contributed by atoms with Gasteiger partial charge >= 0.3 is 0 Å². The van der Waals surface area contributed by atoms with E-state index >= 15 is 0 Å². The maximum Gasteiger partial charge on any atom is 0.0785 e. The van der Waals surface area contributed by atoms with Crippen LogP contribution in [0.1, 0.15) is 24.4 Å². The van der Waals surface area contributed by atoms with Gasteiger partial charge in [-0.3, -0.25) is 0 Å². The van der Waals surface area contributed by atoms with Crippen molar-refractivity contribution in [3.8, 4) is 0 Å². The molecule has 0 fully saturated rings. The van der Waals surface area contributed by atoms with Gasteiger partial charge in [-0.25, -0.2) is 0 Å². The number of aliphatic hydroxyl groups excluding tert-OH is 1. The summed E-state index contributed by atoms with van der Waals surface area (Å²) in [6, 6.07) is 6.42. The largest absolute Gasteiger partial charge is 0.391 e. The Bertz CT molecular complexity index is 416. The number of hydrogen-bond donors (Lipinski definition) is 2. The first kappa shape index (κ1) is 15.1. The zero-order valence-electron chi connectivity index (χ0n) is 11.1. The highest BCUT2D eigenvalue weighted by Gasteiger charge is 2.20. The number of aliphatic hydroxyl groups is 1. The van der Waals surface area contributed by atoms with E-state index in [4.69, 9.17) is 16.3 Å². The van der Waals surface area contributed by atoms with Crippen molar-refractivity contribution in [2.75, 3.05) is 26.0 Å². The fourth-order valence-corrected chi connectivity index (χ4v) is 3.56. The number of thioether (sulfide) groups is 1. The molecule has 2 atom stereocenters. The van der Waals surface area contributed by atoms with Gasteiger partial charge < -0.3 is 15.2 Å². The van der Waals surface area contributed by atoms with E-state index < -0.39 is 6.10 Å². The molecule has 0 aliphatic carbocycles. The van der Waals surface area contributed by atoms with Gasteiger partial charge in [0.1, 0.15) is 0 Å². The Morgan fingerprint density at radius 3 is 3.21 bits per heavy atom. The molecule has 0 amide bonds. The average molecular weight is 302 g/mol. The first-order valence-electron chi connectivity index (χ1n) is 6.53. The average Bonchev–Trinajstić information content (AvgIpc) is 2.39. The highest BCUT2D eigenvalue weighted by atomic mass is 35.5. The van der Waals surface area contributed by atoms with Crippen molar-refractivity contribution in [2.24, 2.45) is 0 Å². The fourth-order valence-electron chi connectivity index (χ4n) is 2.28. The van der Waals surface area contributed by atoms with Crippen LogP contribution < -0.4 is 5.32 Å². The molecule has 2 N–H and O–H groups in total. The lowest BCUT2D eigenvalue weighted by Gasteiger charge is -2.26. The highest BCUT2D eigenvalue weighted by molar-refractivity contribution is 7.99. The molecule has 0 radical (unpaired) electrons. The predicted molar refractivity (Wildman–Crippen MR) is 80.0 cm³/mol. The topological polar surface area (TPSA) is 41.5 Å². The van der Waals surface area contributed by atoms with E-state index in [0.717, 1.165) is 23.7 Å². The lowest BCUT2D eigenvalue weighted by Crippen LogP contribution is -2.28. The van der Waals surface area contributed by atoms with Gasteiger partial charge in [0, 0.05) is 23.1 Å². The smallest absolute Gasteiger partial charge is 0.0785 e. The van der Waals surface area contributed by atoms with Gasteiger partial charge in [-0.15, -0.1) is 11.8 Å². The Labute approximate surface area is 123 Å². The summed E-state index contributed by atoms with van der Waals surface area (Å²) >= 11 is 7.96. The maximum atomic E-state index is 9.63. The Hall–Kier alpha value is -0.260. The Balaban J connectivity index is 1.90. The molecule has 1 heterocycles. The molecule has 0 saturated carbocycles. The quantitative estimate of drug-likeness (QED) is 0.848. The van der Waals surface area contributed by atoms with Crippen molar-refractivity contribution < 1.29 is 9.84 Å². The fraction of sp³-hybridized carbons (Fsp3) is 0.571. The Morgan fingerprint density at radius 2 is 2.42 bits per heavy atom. The maximum absolute atomic E-state index is 9.63. The molecule has 1 aliphatic rings. The zero-order chi connectivity index (χ0) is 13.7. The minimum absolute atomic E-state index is 0.338. The predicted octanol–water partition coefficient (Wildman–Crippen LogP) is 2.86. The second-order valence-electron chi connectivity index (χ2n) is 4.72. The van der Waals surface area contributed by atoms with Crippen LogP contribution >= 0.6 is 23.4 Å². The summed E-state index contributed by atoms with van der Waals surface area (Å²) in [4.78, 5) is 1.31. The molecule has 1 aromatic rings. The van der Waals surface area contributed by atoms with Gasteiger partial charge in [0.05, 0.1) is 12.7 Å². The zero-order valence-corrected chi connectivity index (χ0v) is 12.6. The van der Waals surface area contributed by atoms with Gasteiger partial charge in [0.2, 0.25) is 0 Å². The van der Waals surface area contributed by atoms with E-state index in [2.05, 4.69) is 11.4 Å². The van der Waals surface area contributed by atoms with Gasteiger partial charge in [-0.1, -0.05) is 11.6 Å². The lowest BCUT2D eigenvalue weighted by atomic mass is 10.0. The molecule has 106 valence electrons. The van der Waals surface area contributed by atoms with E-state index in [-0.39, 0.29) is 0 Å². The summed E-state index contributed by atoms with van der Waals surface area (Å²) < 4.78 is 4.92. The molecule has 1 aromatic carbocycles. The molecule has 3 nitrogen and oxygen atoms in total. The van der Waals surface area contributed by atoms with Gasteiger partial charge in [0.15, 0.2) is 0 Å². The number of methoxy groups -OCH3 is 1. The minimum Gasteiger partial charge on any atom is -0.391 e. The van der Waals surface area contributed by atoms with Crippen LogP contribution in [0.15, 0.2) is 23.1 Å². The summed E-state index contributed by atoms with van der Waals surface area (Å²) in [6.45, 7) is 1.18. The third-order valence-electron chi connectivity index (χ3n) is 3.24. The number of halogens is 1. The Morgan fingerprint density at radius 1 is 1.58 bits per heavy atom. The van der Waals surface area contributed by atoms with E-state index in [1.807, 2.05) is 23.9 Å². The van der Waals surface area contributed by atoms with Crippen LogP contribution in [0.25, 0.3) is 0 Å². The van der Waals surface area contributed by atoms with Gasteiger partial charge in [-0.05, 0) is 48.9 Å². The van der Waals surface area contributed by atoms with Crippen molar-refractivity contribution in [1.29, 1.82) is 0 Å².